The lowest BCUT2D eigenvalue weighted by Gasteiger charge is -2.32. The predicted octanol–water partition coefficient (Wildman–Crippen LogP) is 2.42. The van der Waals surface area contributed by atoms with Gasteiger partial charge in [0.05, 0.1) is 11.7 Å². The normalized spacial score (nSPS) is 19.5. The Kier molecular flexibility index (Phi) is 4.96. The fourth-order valence-corrected chi connectivity index (χ4v) is 2.49. The second kappa shape index (κ2) is 6.50. The molecule has 7 heteroatoms. The summed E-state index contributed by atoms with van der Waals surface area (Å²) in [5, 5.41) is 7.49. The van der Waals surface area contributed by atoms with Gasteiger partial charge in [-0.25, -0.2) is 0 Å². The Morgan fingerprint density at radius 3 is 3.05 bits per heavy atom. The first-order chi connectivity index (χ1) is 9.11. The van der Waals surface area contributed by atoms with Crippen molar-refractivity contribution in [3.8, 4) is 0 Å². The van der Waals surface area contributed by atoms with Gasteiger partial charge in [-0.15, -0.1) is 10.2 Å². The van der Waals surface area contributed by atoms with Crippen LogP contribution in [0.2, 0.25) is 10.3 Å². The van der Waals surface area contributed by atoms with Crippen LogP contribution in [0.15, 0.2) is 6.07 Å². The Morgan fingerprint density at radius 2 is 2.32 bits per heavy atom. The molecule has 1 saturated heterocycles. The number of hydrogen-bond donors (Lipinski definition) is 0. The molecule has 0 saturated carbocycles. The second-order valence-corrected chi connectivity index (χ2v) is 5.09. The minimum atomic E-state index is -0.175. The zero-order valence-electron chi connectivity index (χ0n) is 10.6. The molecular formula is C12H15Cl2N3O2. The first-order valence-electron chi connectivity index (χ1n) is 6.21. The Labute approximate surface area is 121 Å². The molecule has 0 aliphatic carbocycles. The first-order valence-corrected chi connectivity index (χ1v) is 6.97. The molecule has 2 rings (SSSR count). The monoisotopic (exact) mass is 303 g/mol. The second-order valence-electron chi connectivity index (χ2n) is 4.34. The average Bonchev–Trinajstić information content (AvgIpc) is 2.41. The van der Waals surface area contributed by atoms with Crippen molar-refractivity contribution in [2.24, 2.45) is 0 Å². The molecule has 1 aliphatic heterocycles. The van der Waals surface area contributed by atoms with E-state index in [-0.39, 0.29) is 22.3 Å². The van der Waals surface area contributed by atoms with Crippen LogP contribution in [-0.4, -0.2) is 46.8 Å². The van der Waals surface area contributed by atoms with Crippen LogP contribution in [0.5, 0.6) is 0 Å². The van der Waals surface area contributed by atoms with E-state index in [1.807, 2.05) is 6.92 Å². The smallest absolute Gasteiger partial charge is 0.257 e. The van der Waals surface area contributed by atoms with Crippen LogP contribution in [0.4, 0.5) is 0 Å². The van der Waals surface area contributed by atoms with Gasteiger partial charge in [0.1, 0.15) is 0 Å². The van der Waals surface area contributed by atoms with Crippen LogP contribution in [0, 0.1) is 0 Å². The molecule has 0 aromatic carbocycles. The fraction of sp³-hybridized carbons (Fsp3) is 0.583. The van der Waals surface area contributed by atoms with Crippen LogP contribution >= 0.6 is 23.2 Å². The zero-order valence-corrected chi connectivity index (χ0v) is 12.1. The summed E-state index contributed by atoms with van der Waals surface area (Å²) in [5.41, 5.74) is 0.291. The molecule has 19 heavy (non-hydrogen) atoms. The molecule has 1 aliphatic rings. The van der Waals surface area contributed by atoms with E-state index >= 15 is 0 Å². The molecule has 1 unspecified atom stereocenters. The highest BCUT2D eigenvalue weighted by Gasteiger charge is 2.26. The predicted molar refractivity (Wildman–Crippen MR) is 72.6 cm³/mol. The van der Waals surface area contributed by atoms with Gasteiger partial charge in [0, 0.05) is 19.7 Å². The third-order valence-corrected chi connectivity index (χ3v) is 3.48. The van der Waals surface area contributed by atoms with Crippen molar-refractivity contribution in [2.75, 3.05) is 19.7 Å². The number of ether oxygens (including phenoxy) is 1. The number of carbonyl (C=O) groups excluding carboxylic acids is 1. The molecule has 1 aromatic heterocycles. The van der Waals surface area contributed by atoms with Gasteiger partial charge in [-0.2, -0.15) is 0 Å². The van der Waals surface area contributed by atoms with E-state index in [2.05, 4.69) is 10.2 Å². The number of hydrogen-bond acceptors (Lipinski definition) is 4. The summed E-state index contributed by atoms with van der Waals surface area (Å²) < 4.78 is 5.57. The minimum absolute atomic E-state index is 0.0768. The number of halogens is 2. The zero-order chi connectivity index (χ0) is 13.8. The number of nitrogens with zero attached hydrogens (tertiary/aromatic N) is 3. The number of rotatable bonds is 3. The van der Waals surface area contributed by atoms with E-state index in [1.54, 1.807) is 4.90 Å². The SMILES string of the molecule is CCOC1CCCN(C(=O)c2cc(Cl)nnc2Cl)C1. The van der Waals surface area contributed by atoms with Gasteiger partial charge in [-0.3, -0.25) is 4.79 Å². The van der Waals surface area contributed by atoms with Crippen molar-refractivity contribution >= 4 is 29.1 Å². The van der Waals surface area contributed by atoms with E-state index in [0.29, 0.717) is 25.3 Å². The van der Waals surface area contributed by atoms with Crippen molar-refractivity contribution in [2.45, 2.75) is 25.9 Å². The van der Waals surface area contributed by atoms with E-state index in [0.717, 1.165) is 12.8 Å². The van der Waals surface area contributed by atoms with E-state index in [9.17, 15) is 4.79 Å². The van der Waals surface area contributed by atoms with E-state index in [4.69, 9.17) is 27.9 Å². The standard InChI is InChI=1S/C12H15Cl2N3O2/c1-2-19-8-4-3-5-17(7-8)12(18)9-6-10(13)15-16-11(9)14/h6,8H,2-5,7H2,1H3. The number of carbonyl (C=O) groups is 1. The average molecular weight is 304 g/mol. The minimum Gasteiger partial charge on any atom is -0.377 e. The summed E-state index contributed by atoms with van der Waals surface area (Å²) in [7, 11) is 0. The van der Waals surface area contributed by atoms with Crippen LogP contribution in [0.1, 0.15) is 30.1 Å². The van der Waals surface area contributed by atoms with E-state index in [1.165, 1.54) is 6.07 Å². The Bertz CT molecular complexity index is 468. The van der Waals surface area contributed by atoms with Crippen molar-refractivity contribution in [1.82, 2.24) is 15.1 Å². The lowest BCUT2D eigenvalue weighted by atomic mass is 10.1. The highest BCUT2D eigenvalue weighted by atomic mass is 35.5. The third kappa shape index (κ3) is 3.55. The number of aromatic nitrogens is 2. The summed E-state index contributed by atoms with van der Waals surface area (Å²) in [6, 6.07) is 1.45. The summed E-state index contributed by atoms with van der Waals surface area (Å²) in [4.78, 5) is 14.1. The summed E-state index contributed by atoms with van der Waals surface area (Å²) in [6.07, 6.45) is 1.98. The number of piperidine rings is 1. The third-order valence-electron chi connectivity index (χ3n) is 3.02. The summed E-state index contributed by atoms with van der Waals surface area (Å²) in [5.74, 6) is -0.175. The molecule has 0 radical (unpaired) electrons. The Morgan fingerprint density at radius 1 is 1.53 bits per heavy atom. The number of likely N-dealkylation sites (tertiary alicyclic amines) is 1. The molecule has 5 nitrogen and oxygen atoms in total. The topological polar surface area (TPSA) is 55.3 Å². The van der Waals surface area contributed by atoms with Gasteiger partial charge < -0.3 is 9.64 Å². The molecule has 0 bridgehead atoms. The molecule has 1 amide bonds. The van der Waals surface area contributed by atoms with Gasteiger partial charge >= 0.3 is 0 Å². The van der Waals surface area contributed by atoms with Gasteiger partial charge in [0.15, 0.2) is 10.3 Å². The maximum atomic E-state index is 12.4. The Balaban J connectivity index is 2.12. The maximum absolute atomic E-state index is 12.4. The Hall–Kier alpha value is -0.910. The lowest BCUT2D eigenvalue weighted by Crippen LogP contribution is -2.43. The first kappa shape index (κ1) is 14.5. The molecule has 0 N–H and O–H groups in total. The van der Waals surface area contributed by atoms with Crippen molar-refractivity contribution in [3.05, 3.63) is 21.9 Å². The maximum Gasteiger partial charge on any atom is 0.257 e. The molecule has 104 valence electrons. The van der Waals surface area contributed by atoms with Crippen LogP contribution < -0.4 is 0 Å². The van der Waals surface area contributed by atoms with Gasteiger partial charge in [-0.05, 0) is 25.8 Å². The lowest BCUT2D eigenvalue weighted by molar-refractivity contribution is 0.00723. The quantitative estimate of drug-likeness (QED) is 0.860. The molecule has 0 spiro atoms. The summed E-state index contributed by atoms with van der Waals surface area (Å²) in [6.45, 7) is 3.86. The van der Waals surface area contributed by atoms with Crippen LogP contribution in [-0.2, 0) is 4.74 Å². The fourth-order valence-electron chi connectivity index (χ4n) is 2.17. The van der Waals surface area contributed by atoms with Crippen LogP contribution in [0.25, 0.3) is 0 Å². The largest absolute Gasteiger partial charge is 0.377 e. The van der Waals surface area contributed by atoms with Gasteiger partial charge in [0.2, 0.25) is 0 Å². The molecular weight excluding hydrogens is 289 g/mol. The highest BCUT2D eigenvalue weighted by molar-refractivity contribution is 6.34. The van der Waals surface area contributed by atoms with Crippen molar-refractivity contribution < 1.29 is 9.53 Å². The molecule has 1 aromatic rings. The highest BCUT2D eigenvalue weighted by Crippen LogP contribution is 2.21. The van der Waals surface area contributed by atoms with Gasteiger partial charge in [0.25, 0.3) is 5.91 Å². The van der Waals surface area contributed by atoms with Crippen molar-refractivity contribution in [3.63, 3.8) is 0 Å². The van der Waals surface area contributed by atoms with Crippen LogP contribution in [0.3, 0.4) is 0 Å². The van der Waals surface area contributed by atoms with Crippen molar-refractivity contribution in [1.29, 1.82) is 0 Å². The molecule has 2 heterocycles. The van der Waals surface area contributed by atoms with Gasteiger partial charge in [-0.1, -0.05) is 23.2 Å². The molecule has 1 fully saturated rings. The summed E-state index contributed by atoms with van der Waals surface area (Å²) >= 11 is 11.6. The molecule has 1 atom stereocenters. The number of amides is 1. The van der Waals surface area contributed by atoms with E-state index < -0.39 is 0 Å².